The van der Waals surface area contributed by atoms with Crippen molar-refractivity contribution in [2.24, 2.45) is 0 Å². The smallest absolute Gasteiger partial charge is 0.261 e. The minimum absolute atomic E-state index is 0.103. The molecule has 0 aliphatic heterocycles. The summed E-state index contributed by atoms with van der Waals surface area (Å²) in [6.45, 7) is 4.93. The lowest BCUT2D eigenvalue weighted by Crippen LogP contribution is -2.21. The van der Waals surface area contributed by atoms with Crippen LogP contribution in [0.4, 0.5) is 0 Å². The predicted molar refractivity (Wildman–Crippen MR) is 94.4 cm³/mol. The van der Waals surface area contributed by atoms with Crippen LogP contribution in [0.15, 0.2) is 52.5 Å². The molecule has 5 heteroatoms. The van der Waals surface area contributed by atoms with Gasteiger partial charge < -0.3 is 14.5 Å². The van der Waals surface area contributed by atoms with Crippen LogP contribution in [0.3, 0.4) is 0 Å². The van der Waals surface area contributed by atoms with E-state index >= 15 is 0 Å². The summed E-state index contributed by atoms with van der Waals surface area (Å²) in [5.41, 5.74) is 3.32. The molecule has 0 aliphatic rings. The summed E-state index contributed by atoms with van der Waals surface area (Å²) >= 11 is 1.41. The van der Waals surface area contributed by atoms with Crippen LogP contribution in [0.25, 0.3) is 0 Å². The van der Waals surface area contributed by atoms with Gasteiger partial charge in [0.15, 0.2) is 0 Å². The second kappa shape index (κ2) is 7.36. The molecule has 0 atom stereocenters. The zero-order chi connectivity index (χ0) is 16.9. The monoisotopic (exact) mass is 341 g/mol. The third-order valence-corrected chi connectivity index (χ3v) is 4.58. The Hall–Kier alpha value is -2.53. The van der Waals surface area contributed by atoms with Crippen molar-refractivity contribution >= 4 is 17.2 Å². The van der Waals surface area contributed by atoms with Gasteiger partial charge in [0.25, 0.3) is 5.91 Å². The van der Waals surface area contributed by atoms with Crippen LogP contribution in [-0.4, -0.2) is 5.91 Å². The summed E-state index contributed by atoms with van der Waals surface area (Å²) in [4.78, 5) is 12.8. The van der Waals surface area contributed by atoms with Crippen molar-refractivity contribution in [1.82, 2.24) is 5.32 Å². The zero-order valence-electron chi connectivity index (χ0n) is 13.7. The molecule has 1 aromatic carbocycles. The van der Waals surface area contributed by atoms with Crippen molar-refractivity contribution in [3.8, 4) is 5.75 Å². The Kier molecular flexibility index (Phi) is 5.01. The van der Waals surface area contributed by atoms with Gasteiger partial charge in [-0.25, -0.2) is 0 Å². The fourth-order valence-electron chi connectivity index (χ4n) is 2.36. The van der Waals surface area contributed by atoms with Gasteiger partial charge in [-0.15, -0.1) is 11.3 Å². The highest BCUT2D eigenvalue weighted by atomic mass is 32.1. The first-order chi connectivity index (χ1) is 11.6. The van der Waals surface area contributed by atoms with Gasteiger partial charge in [0.2, 0.25) is 0 Å². The van der Waals surface area contributed by atoms with Crippen molar-refractivity contribution in [3.05, 3.63) is 75.4 Å². The van der Waals surface area contributed by atoms with Crippen molar-refractivity contribution in [2.75, 3.05) is 0 Å². The number of benzene rings is 1. The molecule has 2 heterocycles. The summed E-state index contributed by atoms with van der Waals surface area (Å²) in [5, 5.41) is 4.79. The lowest BCUT2D eigenvalue weighted by Gasteiger charge is -2.08. The van der Waals surface area contributed by atoms with E-state index in [0.717, 1.165) is 22.6 Å². The van der Waals surface area contributed by atoms with Crippen LogP contribution in [0.2, 0.25) is 0 Å². The molecule has 4 nitrogen and oxygen atoms in total. The summed E-state index contributed by atoms with van der Waals surface area (Å²) < 4.78 is 11.1. The number of aryl methyl sites for hydroxylation is 2. The summed E-state index contributed by atoms with van der Waals surface area (Å²) in [7, 11) is 0. The van der Waals surface area contributed by atoms with Crippen LogP contribution in [0, 0.1) is 13.8 Å². The minimum atomic E-state index is -0.103. The van der Waals surface area contributed by atoms with E-state index in [9.17, 15) is 4.79 Å². The van der Waals surface area contributed by atoms with Gasteiger partial charge in [-0.2, -0.15) is 0 Å². The van der Waals surface area contributed by atoms with E-state index in [2.05, 4.69) is 18.3 Å². The summed E-state index contributed by atoms with van der Waals surface area (Å²) in [6, 6.07) is 11.6. The molecule has 3 aromatic rings. The Bertz CT molecular complexity index is 821. The van der Waals surface area contributed by atoms with Gasteiger partial charge >= 0.3 is 0 Å². The molecule has 0 unspecified atom stereocenters. The van der Waals surface area contributed by atoms with Gasteiger partial charge in [-0.3, -0.25) is 4.79 Å². The van der Waals surface area contributed by atoms with Crippen LogP contribution in [0.5, 0.6) is 5.75 Å². The third-order valence-electron chi connectivity index (χ3n) is 3.61. The van der Waals surface area contributed by atoms with E-state index < -0.39 is 0 Å². The first-order valence-corrected chi connectivity index (χ1v) is 8.58. The van der Waals surface area contributed by atoms with Gasteiger partial charge in [0.1, 0.15) is 18.1 Å². The van der Waals surface area contributed by atoms with Gasteiger partial charge in [-0.1, -0.05) is 17.7 Å². The highest BCUT2D eigenvalue weighted by molar-refractivity contribution is 7.12. The van der Waals surface area contributed by atoms with E-state index in [1.165, 1.54) is 16.9 Å². The first-order valence-electron chi connectivity index (χ1n) is 7.70. The fraction of sp³-hybridized carbons (Fsp3) is 0.211. The predicted octanol–water partition coefficient (Wildman–Crippen LogP) is 4.47. The number of furan rings is 1. The molecule has 0 saturated carbocycles. The molecule has 0 spiro atoms. The van der Waals surface area contributed by atoms with E-state index in [-0.39, 0.29) is 5.91 Å². The van der Waals surface area contributed by atoms with Crippen LogP contribution in [0.1, 0.15) is 32.1 Å². The zero-order valence-corrected chi connectivity index (χ0v) is 14.5. The molecule has 0 aliphatic carbocycles. The number of amides is 1. The number of thiophene rings is 1. The maximum absolute atomic E-state index is 12.1. The molecule has 0 saturated heterocycles. The molecular formula is C19H19NO3S. The summed E-state index contributed by atoms with van der Waals surface area (Å²) in [6.07, 6.45) is 1.59. The van der Waals surface area contributed by atoms with Crippen molar-refractivity contribution in [2.45, 2.75) is 27.0 Å². The second-order valence-electron chi connectivity index (χ2n) is 5.64. The fourth-order valence-corrected chi connectivity index (χ4v) is 3.17. The largest absolute Gasteiger partial charge is 0.489 e. The van der Waals surface area contributed by atoms with Gasteiger partial charge in [0, 0.05) is 5.56 Å². The number of ether oxygens (including phenoxy) is 1. The van der Waals surface area contributed by atoms with E-state index in [4.69, 9.17) is 9.15 Å². The van der Waals surface area contributed by atoms with Crippen molar-refractivity contribution in [3.63, 3.8) is 0 Å². The molecular weight excluding hydrogens is 322 g/mol. The Morgan fingerprint density at radius 3 is 2.88 bits per heavy atom. The molecule has 0 radical (unpaired) electrons. The Balaban J connectivity index is 1.55. The molecule has 24 heavy (non-hydrogen) atoms. The number of carbonyl (C=O) groups is 1. The number of rotatable bonds is 6. The van der Waals surface area contributed by atoms with Crippen molar-refractivity contribution < 1.29 is 13.9 Å². The Labute approximate surface area is 145 Å². The maximum Gasteiger partial charge on any atom is 0.261 e. The molecule has 0 bridgehead atoms. The first kappa shape index (κ1) is 16.3. The van der Waals surface area contributed by atoms with Crippen molar-refractivity contribution in [1.29, 1.82) is 0 Å². The third kappa shape index (κ3) is 4.06. The lowest BCUT2D eigenvalue weighted by molar-refractivity contribution is 0.0952. The standard InChI is InChI=1S/C19H19NO3S/c1-13-5-6-17(14(2)8-13)23-11-15-9-18(24-12-15)19(21)20-10-16-4-3-7-22-16/h3-9,12H,10-11H2,1-2H3,(H,20,21). The average molecular weight is 341 g/mol. The Morgan fingerprint density at radius 2 is 2.12 bits per heavy atom. The highest BCUT2D eigenvalue weighted by Crippen LogP contribution is 2.22. The van der Waals surface area contributed by atoms with Crippen LogP contribution < -0.4 is 10.1 Å². The number of carbonyl (C=O) groups excluding carboxylic acids is 1. The topological polar surface area (TPSA) is 51.5 Å². The van der Waals surface area contributed by atoms with Crippen LogP contribution >= 0.6 is 11.3 Å². The number of hydrogen-bond acceptors (Lipinski definition) is 4. The van der Waals surface area contributed by atoms with E-state index in [1.807, 2.05) is 36.6 Å². The van der Waals surface area contributed by atoms with Crippen LogP contribution in [-0.2, 0) is 13.2 Å². The highest BCUT2D eigenvalue weighted by Gasteiger charge is 2.10. The Morgan fingerprint density at radius 1 is 1.25 bits per heavy atom. The SMILES string of the molecule is Cc1ccc(OCc2csc(C(=O)NCc3ccco3)c2)c(C)c1. The number of nitrogens with one attached hydrogen (secondary N) is 1. The second-order valence-corrected chi connectivity index (χ2v) is 6.55. The molecule has 2 aromatic heterocycles. The average Bonchev–Trinajstić information content (AvgIpc) is 3.23. The quantitative estimate of drug-likeness (QED) is 0.720. The molecule has 124 valence electrons. The molecule has 1 amide bonds. The minimum Gasteiger partial charge on any atom is -0.489 e. The maximum atomic E-state index is 12.1. The van der Waals surface area contributed by atoms with Gasteiger partial charge in [-0.05, 0) is 49.1 Å². The summed E-state index contributed by atoms with van der Waals surface area (Å²) in [5.74, 6) is 1.50. The lowest BCUT2D eigenvalue weighted by atomic mass is 10.1. The number of hydrogen-bond donors (Lipinski definition) is 1. The van der Waals surface area contributed by atoms with E-state index in [1.54, 1.807) is 12.3 Å². The van der Waals surface area contributed by atoms with E-state index in [0.29, 0.717) is 18.0 Å². The normalized spacial score (nSPS) is 10.6. The van der Waals surface area contributed by atoms with Gasteiger partial charge in [0.05, 0.1) is 17.7 Å². The molecule has 0 fully saturated rings. The molecule has 1 N–H and O–H groups in total. The molecule has 3 rings (SSSR count).